The Bertz CT molecular complexity index is 614. The van der Waals surface area contributed by atoms with Crippen molar-refractivity contribution in [2.75, 3.05) is 5.32 Å². The standard InChI is InChI=1S/C12H14N6O2/c19-11(15-9-1-2-9)7-18-6-10(5-14-18)16-12(20)17-4-3-13-8-17/h3-6,8-9H,1-2,7H2,(H,15,19)(H,16,20). The van der Waals surface area contributed by atoms with Crippen molar-refractivity contribution in [3.8, 4) is 0 Å². The van der Waals surface area contributed by atoms with Crippen molar-refractivity contribution in [3.63, 3.8) is 0 Å². The van der Waals surface area contributed by atoms with Gasteiger partial charge >= 0.3 is 6.03 Å². The molecule has 2 aromatic heterocycles. The second kappa shape index (κ2) is 5.16. The largest absolute Gasteiger partial charge is 0.352 e. The number of hydrogen-bond acceptors (Lipinski definition) is 4. The van der Waals surface area contributed by atoms with Crippen molar-refractivity contribution in [1.82, 2.24) is 24.6 Å². The highest BCUT2D eigenvalue weighted by molar-refractivity contribution is 5.90. The van der Waals surface area contributed by atoms with Crippen molar-refractivity contribution < 1.29 is 9.59 Å². The van der Waals surface area contributed by atoms with E-state index >= 15 is 0 Å². The Hall–Kier alpha value is -2.64. The number of carbonyl (C=O) groups is 2. The zero-order valence-corrected chi connectivity index (χ0v) is 10.7. The van der Waals surface area contributed by atoms with Crippen LogP contribution < -0.4 is 10.6 Å². The maximum absolute atomic E-state index is 11.8. The van der Waals surface area contributed by atoms with E-state index < -0.39 is 0 Å². The van der Waals surface area contributed by atoms with Crippen LogP contribution in [-0.4, -0.2) is 37.3 Å². The lowest BCUT2D eigenvalue weighted by Crippen LogP contribution is -2.29. The van der Waals surface area contributed by atoms with Crippen LogP contribution in [0.4, 0.5) is 10.5 Å². The van der Waals surface area contributed by atoms with E-state index in [1.165, 1.54) is 28.0 Å². The topological polar surface area (TPSA) is 93.8 Å². The fourth-order valence-electron chi connectivity index (χ4n) is 1.73. The molecule has 0 spiro atoms. The molecule has 1 fully saturated rings. The summed E-state index contributed by atoms with van der Waals surface area (Å²) in [4.78, 5) is 27.2. The first-order valence-electron chi connectivity index (χ1n) is 6.32. The van der Waals surface area contributed by atoms with E-state index in [2.05, 4.69) is 20.7 Å². The van der Waals surface area contributed by atoms with Gasteiger partial charge in [0.05, 0.1) is 11.9 Å². The summed E-state index contributed by atoms with van der Waals surface area (Å²) < 4.78 is 2.80. The molecule has 2 N–H and O–H groups in total. The number of imidazole rings is 1. The highest BCUT2D eigenvalue weighted by Gasteiger charge is 2.23. The van der Waals surface area contributed by atoms with Crippen LogP contribution in [-0.2, 0) is 11.3 Å². The summed E-state index contributed by atoms with van der Waals surface area (Å²) in [6.07, 6.45) is 9.69. The zero-order chi connectivity index (χ0) is 13.9. The van der Waals surface area contributed by atoms with Gasteiger partial charge in [-0.2, -0.15) is 5.10 Å². The Morgan fingerprint density at radius 3 is 2.95 bits per heavy atom. The minimum absolute atomic E-state index is 0.0666. The van der Waals surface area contributed by atoms with E-state index in [9.17, 15) is 9.59 Å². The Kier molecular flexibility index (Phi) is 3.20. The molecule has 3 rings (SSSR count). The Morgan fingerprint density at radius 1 is 1.40 bits per heavy atom. The van der Waals surface area contributed by atoms with Crippen molar-refractivity contribution in [2.24, 2.45) is 0 Å². The molecule has 0 saturated heterocycles. The first-order chi connectivity index (χ1) is 9.70. The van der Waals surface area contributed by atoms with Crippen LogP contribution in [0.3, 0.4) is 0 Å². The van der Waals surface area contributed by atoms with Gasteiger partial charge in [-0.25, -0.2) is 9.78 Å². The van der Waals surface area contributed by atoms with Gasteiger partial charge in [0.2, 0.25) is 5.91 Å². The predicted octanol–water partition coefficient (Wildman–Crippen LogP) is 0.438. The molecule has 104 valence electrons. The molecule has 20 heavy (non-hydrogen) atoms. The number of nitrogens with zero attached hydrogens (tertiary/aromatic N) is 4. The van der Waals surface area contributed by atoms with Crippen LogP contribution in [0.1, 0.15) is 12.8 Å². The number of nitrogens with one attached hydrogen (secondary N) is 2. The monoisotopic (exact) mass is 274 g/mol. The number of amides is 2. The van der Waals surface area contributed by atoms with Gasteiger partial charge in [-0.3, -0.25) is 14.0 Å². The summed E-state index contributed by atoms with van der Waals surface area (Å²) in [6, 6.07) is 0.00274. The normalized spacial score (nSPS) is 14.0. The molecule has 2 aromatic rings. The molecule has 0 aliphatic heterocycles. The lowest BCUT2D eigenvalue weighted by Gasteiger charge is -2.03. The van der Waals surface area contributed by atoms with Gasteiger partial charge in [0, 0.05) is 24.6 Å². The van der Waals surface area contributed by atoms with Crippen LogP contribution >= 0.6 is 0 Å². The van der Waals surface area contributed by atoms with Gasteiger partial charge < -0.3 is 10.6 Å². The fraction of sp³-hybridized carbons (Fsp3) is 0.333. The minimum atomic E-state index is -0.329. The van der Waals surface area contributed by atoms with Gasteiger partial charge in [-0.1, -0.05) is 0 Å². The molecule has 0 unspecified atom stereocenters. The van der Waals surface area contributed by atoms with Gasteiger partial charge in [0.15, 0.2) is 0 Å². The van der Waals surface area contributed by atoms with Crippen molar-refractivity contribution in [1.29, 1.82) is 0 Å². The minimum Gasteiger partial charge on any atom is -0.352 e. The van der Waals surface area contributed by atoms with Crippen molar-refractivity contribution in [3.05, 3.63) is 31.1 Å². The molecular weight excluding hydrogens is 260 g/mol. The van der Waals surface area contributed by atoms with E-state index in [0.717, 1.165) is 12.8 Å². The highest BCUT2D eigenvalue weighted by atomic mass is 16.2. The smallest absolute Gasteiger partial charge is 0.331 e. The summed E-state index contributed by atoms with van der Waals surface area (Å²) >= 11 is 0. The predicted molar refractivity (Wildman–Crippen MR) is 70.0 cm³/mol. The molecule has 1 aliphatic rings. The van der Waals surface area contributed by atoms with Crippen LogP contribution in [0.25, 0.3) is 0 Å². The average Bonchev–Trinajstić information content (AvgIpc) is 2.93. The molecule has 0 aromatic carbocycles. The lowest BCUT2D eigenvalue weighted by atomic mass is 10.5. The molecule has 0 atom stereocenters. The molecule has 2 amide bonds. The summed E-state index contributed by atoms with van der Waals surface area (Å²) in [6.45, 7) is 0.150. The summed E-state index contributed by atoms with van der Waals surface area (Å²) in [5.41, 5.74) is 0.530. The first kappa shape index (κ1) is 12.4. The molecule has 8 nitrogen and oxygen atoms in total. The maximum atomic E-state index is 11.8. The molecule has 1 saturated carbocycles. The summed E-state index contributed by atoms with van der Waals surface area (Å²) in [5.74, 6) is -0.0666. The number of carbonyl (C=O) groups excluding carboxylic acids is 2. The zero-order valence-electron chi connectivity index (χ0n) is 10.7. The van der Waals surface area contributed by atoms with Crippen molar-refractivity contribution in [2.45, 2.75) is 25.4 Å². The quantitative estimate of drug-likeness (QED) is 0.845. The average molecular weight is 274 g/mol. The Morgan fingerprint density at radius 2 is 2.25 bits per heavy atom. The van der Waals surface area contributed by atoms with Gasteiger partial charge in [0.1, 0.15) is 12.9 Å². The van der Waals surface area contributed by atoms with Gasteiger partial charge in [-0.05, 0) is 12.8 Å². The SMILES string of the molecule is O=C(Cn1cc(NC(=O)n2ccnc2)cn1)NC1CC1. The van der Waals surface area contributed by atoms with E-state index in [4.69, 9.17) is 0 Å². The Labute approximate surface area is 114 Å². The molecular formula is C12H14N6O2. The number of hydrogen-bond donors (Lipinski definition) is 2. The van der Waals surface area contributed by atoms with Gasteiger partial charge in [0.25, 0.3) is 0 Å². The van der Waals surface area contributed by atoms with Crippen LogP contribution in [0.5, 0.6) is 0 Å². The molecule has 8 heteroatoms. The third kappa shape index (κ3) is 3.02. The molecule has 1 aliphatic carbocycles. The van der Waals surface area contributed by atoms with Crippen LogP contribution in [0.15, 0.2) is 31.1 Å². The third-order valence-electron chi connectivity index (χ3n) is 2.87. The van der Waals surface area contributed by atoms with Gasteiger partial charge in [-0.15, -0.1) is 0 Å². The molecule has 0 radical (unpaired) electrons. The Balaban J connectivity index is 1.56. The third-order valence-corrected chi connectivity index (χ3v) is 2.87. The van der Waals surface area contributed by atoms with E-state index in [1.54, 1.807) is 12.4 Å². The molecule has 2 heterocycles. The first-order valence-corrected chi connectivity index (χ1v) is 6.32. The summed E-state index contributed by atoms with van der Waals surface area (Å²) in [7, 11) is 0. The lowest BCUT2D eigenvalue weighted by molar-refractivity contribution is -0.122. The second-order valence-corrected chi connectivity index (χ2v) is 4.67. The van der Waals surface area contributed by atoms with Crippen LogP contribution in [0, 0.1) is 0 Å². The van der Waals surface area contributed by atoms with E-state index in [-0.39, 0.29) is 18.5 Å². The van der Waals surface area contributed by atoms with E-state index in [1.807, 2.05) is 0 Å². The van der Waals surface area contributed by atoms with Crippen molar-refractivity contribution >= 4 is 17.6 Å². The van der Waals surface area contributed by atoms with Crippen LogP contribution in [0.2, 0.25) is 0 Å². The maximum Gasteiger partial charge on any atom is 0.331 e. The number of aromatic nitrogens is 4. The fourth-order valence-corrected chi connectivity index (χ4v) is 1.73. The second-order valence-electron chi connectivity index (χ2n) is 4.67. The summed E-state index contributed by atoms with van der Waals surface area (Å²) in [5, 5.41) is 9.57. The highest BCUT2D eigenvalue weighted by Crippen LogP contribution is 2.18. The number of anilines is 1. The molecule has 0 bridgehead atoms. The number of rotatable bonds is 4. The van der Waals surface area contributed by atoms with E-state index in [0.29, 0.717) is 11.7 Å².